The van der Waals surface area contributed by atoms with Crippen LogP contribution in [0.25, 0.3) is 0 Å². The van der Waals surface area contributed by atoms with Crippen LogP contribution >= 0.6 is 0 Å². The van der Waals surface area contributed by atoms with Crippen molar-refractivity contribution in [1.82, 2.24) is 5.32 Å². The van der Waals surface area contributed by atoms with Gasteiger partial charge in [-0.3, -0.25) is 4.79 Å². The van der Waals surface area contributed by atoms with Crippen LogP contribution in [0.3, 0.4) is 0 Å². The quantitative estimate of drug-likeness (QED) is 0.864. The van der Waals surface area contributed by atoms with Crippen molar-refractivity contribution in [2.45, 2.75) is 20.0 Å². The smallest absolute Gasteiger partial charge is 0.251 e. The Balaban J connectivity index is 1.64. The first-order valence-corrected chi connectivity index (χ1v) is 8.66. The van der Waals surface area contributed by atoms with Gasteiger partial charge in [0, 0.05) is 17.7 Å². The van der Waals surface area contributed by atoms with Crippen LogP contribution in [0, 0.1) is 12.7 Å². The van der Waals surface area contributed by atoms with E-state index in [-0.39, 0.29) is 11.7 Å². The number of hydrogen-bond acceptors (Lipinski definition) is 2. The molecular weight excluding hydrogens is 319 g/mol. The predicted octanol–water partition coefficient (Wildman–Crippen LogP) is 1.48. The largest absolute Gasteiger partial charge is 0.370 e. The molecule has 1 saturated heterocycles. The van der Waals surface area contributed by atoms with Crippen molar-refractivity contribution in [2.75, 3.05) is 26.3 Å². The molecule has 1 aliphatic heterocycles. The summed E-state index contributed by atoms with van der Waals surface area (Å²) in [6, 6.07) is 12.7. The maximum atomic E-state index is 13.6. The molecule has 0 bridgehead atoms. The molecule has 0 spiro atoms. The van der Waals surface area contributed by atoms with Gasteiger partial charge >= 0.3 is 0 Å². The van der Waals surface area contributed by atoms with Gasteiger partial charge in [-0.1, -0.05) is 30.3 Å². The van der Waals surface area contributed by atoms with Gasteiger partial charge in [0.1, 0.15) is 25.5 Å². The van der Waals surface area contributed by atoms with E-state index in [1.807, 2.05) is 18.2 Å². The summed E-state index contributed by atoms with van der Waals surface area (Å²) in [7, 11) is 0. The molecule has 1 fully saturated rings. The standard InChI is InChI=1S/C20H23FN2O2/c1-15-6-7-16(12-19(15)21)20(24)22-13-17-4-2-3-5-18(17)14-23-8-10-25-11-9-23/h2-7,12H,8-11,13-14H2,1H3,(H,22,24)/p+1. The van der Waals surface area contributed by atoms with Crippen LogP contribution in [-0.2, 0) is 17.8 Å². The van der Waals surface area contributed by atoms with Crippen molar-refractivity contribution < 1.29 is 18.8 Å². The number of benzene rings is 2. The van der Waals surface area contributed by atoms with E-state index in [0.717, 1.165) is 38.4 Å². The maximum absolute atomic E-state index is 13.6. The van der Waals surface area contributed by atoms with Gasteiger partial charge in [0.2, 0.25) is 0 Å². The Kier molecular flexibility index (Phi) is 5.79. The van der Waals surface area contributed by atoms with Gasteiger partial charge in [-0.25, -0.2) is 4.39 Å². The highest BCUT2D eigenvalue weighted by molar-refractivity contribution is 5.94. The number of hydrogen-bond donors (Lipinski definition) is 2. The molecule has 0 aromatic heterocycles. The number of carbonyl (C=O) groups excluding carboxylic acids is 1. The minimum Gasteiger partial charge on any atom is -0.370 e. The fourth-order valence-electron chi connectivity index (χ4n) is 3.02. The summed E-state index contributed by atoms with van der Waals surface area (Å²) in [5.74, 6) is -0.614. The molecule has 3 rings (SSSR count). The van der Waals surface area contributed by atoms with Crippen molar-refractivity contribution in [3.63, 3.8) is 0 Å². The molecule has 0 unspecified atom stereocenters. The highest BCUT2D eigenvalue weighted by atomic mass is 19.1. The number of morpholine rings is 1. The number of amides is 1. The summed E-state index contributed by atoms with van der Waals surface area (Å²) in [6.07, 6.45) is 0. The van der Waals surface area contributed by atoms with Crippen LogP contribution in [-0.4, -0.2) is 32.2 Å². The zero-order valence-electron chi connectivity index (χ0n) is 14.5. The van der Waals surface area contributed by atoms with E-state index in [0.29, 0.717) is 17.7 Å². The first-order valence-electron chi connectivity index (χ1n) is 8.66. The average molecular weight is 343 g/mol. The summed E-state index contributed by atoms with van der Waals surface area (Å²) in [4.78, 5) is 13.8. The molecule has 1 heterocycles. The van der Waals surface area contributed by atoms with Gasteiger partial charge in [0.25, 0.3) is 5.91 Å². The molecule has 25 heavy (non-hydrogen) atoms. The molecular formula is C20H24FN2O2+. The summed E-state index contributed by atoms with van der Waals surface area (Å²) >= 11 is 0. The second kappa shape index (κ2) is 8.23. The van der Waals surface area contributed by atoms with Gasteiger partial charge in [-0.15, -0.1) is 0 Å². The third-order valence-corrected chi connectivity index (χ3v) is 4.63. The number of nitrogens with one attached hydrogen (secondary N) is 2. The van der Waals surface area contributed by atoms with Crippen molar-refractivity contribution in [2.24, 2.45) is 0 Å². The Morgan fingerprint density at radius 1 is 1.16 bits per heavy atom. The number of halogens is 1. The first kappa shape index (κ1) is 17.6. The topological polar surface area (TPSA) is 42.8 Å². The molecule has 2 aromatic carbocycles. The lowest BCUT2D eigenvalue weighted by molar-refractivity contribution is -0.921. The maximum Gasteiger partial charge on any atom is 0.251 e. The zero-order valence-corrected chi connectivity index (χ0v) is 14.5. The molecule has 0 atom stereocenters. The van der Waals surface area contributed by atoms with Crippen molar-refractivity contribution in [1.29, 1.82) is 0 Å². The summed E-state index contributed by atoms with van der Waals surface area (Å²) in [6.45, 7) is 6.65. The van der Waals surface area contributed by atoms with Crippen molar-refractivity contribution in [3.8, 4) is 0 Å². The molecule has 1 aliphatic rings. The number of ether oxygens (including phenoxy) is 1. The molecule has 2 aromatic rings. The molecule has 2 N–H and O–H groups in total. The highest BCUT2D eigenvalue weighted by Crippen LogP contribution is 2.11. The molecule has 0 aliphatic carbocycles. The Bertz CT molecular complexity index is 742. The lowest BCUT2D eigenvalue weighted by Crippen LogP contribution is -3.12. The minimum absolute atomic E-state index is 0.257. The normalized spacial score (nSPS) is 15.1. The second-order valence-corrected chi connectivity index (χ2v) is 6.45. The lowest BCUT2D eigenvalue weighted by atomic mass is 10.1. The third kappa shape index (κ3) is 4.65. The van der Waals surface area contributed by atoms with Crippen LogP contribution < -0.4 is 10.2 Å². The van der Waals surface area contributed by atoms with Crippen LogP contribution in [0.15, 0.2) is 42.5 Å². The summed E-state index contributed by atoms with van der Waals surface area (Å²) < 4.78 is 19.0. The van der Waals surface area contributed by atoms with E-state index < -0.39 is 0 Å². The van der Waals surface area contributed by atoms with E-state index in [1.54, 1.807) is 19.1 Å². The zero-order chi connectivity index (χ0) is 17.6. The Morgan fingerprint density at radius 3 is 2.60 bits per heavy atom. The van der Waals surface area contributed by atoms with E-state index in [9.17, 15) is 9.18 Å². The molecule has 0 saturated carbocycles. The number of rotatable bonds is 5. The third-order valence-electron chi connectivity index (χ3n) is 4.63. The van der Waals surface area contributed by atoms with E-state index >= 15 is 0 Å². The fourth-order valence-corrected chi connectivity index (χ4v) is 3.02. The van der Waals surface area contributed by atoms with E-state index in [1.165, 1.54) is 16.5 Å². The number of carbonyl (C=O) groups is 1. The van der Waals surface area contributed by atoms with Crippen molar-refractivity contribution in [3.05, 3.63) is 70.5 Å². The van der Waals surface area contributed by atoms with Crippen LogP contribution in [0.2, 0.25) is 0 Å². The van der Waals surface area contributed by atoms with E-state index in [4.69, 9.17) is 4.74 Å². The lowest BCUT2D eigenvalue weighted by Gasteiger charge is -2.24. The summed E-state index contributed by atoms with van der Waals surface area (Å²) in [5.41, 5.74) is 3.21. The van der Waals surface area contributed by atoms with Crippen molar-refractivity contribution >= 4 is 5.91 Å². The minimum atomic E-state index is -0.357. The highest BCUT2D eigenvalue weighted by Gasteiger charge is 2.16. The van der Waals surface area contributed by atoms with Gasteiger partial charge in [0.15, 0.2) is 0 Å². The van der Waals surface area contributed by atoms with Gasteiger partial charge in [0.05, 0.1) is 13.2 Å². The van der Waals surface area contributed by atoms with Crippen LogP contribution in [0.4, 0.5) is 4.39 Å². The Labute approximate surface area is 147 Å². The fraction of sp³-hybridized carbons (Fsp3) is 0.350. The molecule has 0 radical (unpaired) electrons. The average Bonchev–Trinajstić information content (AvgIpc) is 2.64. The van der Waals surface area contributed by atoms with Crippen LogP contribution in [0.5, 0.6) is 0 Å². The first-order chi connectivity index (χ1) is 12.1. The number of aryl methyl sites for hydroxylation is 1. The SMILES string of the molecule is Cc1ccc(C(=O)NCc2ccccc2C[NH+]2CCOCC2)cc1F. The Morgan fingerprint density at radius 2 is 1.88 bits per heavy atom. The molecule has 4 nitrogen and oxygen atoms in total. The molecule has 5 heteroatoms. The second-order valence-electron chi connectivity index (χ2n) is 6.45. The van der Waals surface area contributed by atoms with Gasteiger partial charge < -0.3 is 15.0 Å². The molecule has 1 amide bonds. The number of quaternary nitrogens is 1. The van der Waals surface area contributed by atoms with Gasteiger partial charge in [-0.2, -0.15) is 0 Å². The summed E-state index contributed by atoms with van der Waals surface area (Å²) in [5, 5.41) is 2.90. The van der Waals surface area contributed by atoms with E-state index in [2.05, 4.69) is 11.4 Å². The predicted molar refractivity (Wildman–Crippen MR) is 94.0 cm³/mol. The Hall–Kier alpha value is -2.24. The van der Waals surface area contributed by atoms with Crippen LogP contribution in [0.1, 0.15) is 27.0 Å². The van der Waals surface area contributed by atoms with Gasteiger partial charge in [-0.05, 0) is 30.2 Å². The molecule has 132 valence electrons. The monoisotopic (exact) mass is 343 g/mol.